The maximum absolute atomic E-state index is 12.2. The summed E-state index contributed by atoms with van der Waals surface area (Å²) in [6, 6.07) is 5.88. The van der Waals surface area contributed by atoms with Gasteiger partial charge in [-0.15, -0.1) is 0 Å². The summed E-state index contributed by atoms with van der Waals surface area (Å²) in [4.78, 5) is 21.0. The lowest BCUT2D eigenvalue weighted by molar-refractivity contribution is -0.119. The van der Waals surface area contributed by atoms with Crippen LogP contribution in [-0.4, -0.2) is 41.9 Å². The number of hydrogen-bond acceptors (Lipinski definition) is 6. The van der Waals surface area contributed by atoms with E-state index >= 15 is 0 Å². The first-order chi connectivity index (χ1) is 13.5. The van der Waals surface area contributed by atoms with E-state index in [4.69, 9.17) is 9.47 Å². The zero-order valence-corrected chi connectivity index (χ0v) is 18.0. The second kappa shape index (κ2) is 10.9. The zero-order chi connectivity index (χ0) is 20.5. The van der Waals surface area contributed by atoms with E-state index in [1.807, 2.05) is 18.2 Å². The molecule has 0 radical (unpaired) electrons. The van der Waals surface area contributed by atoms with Crippen LogP contribution < -0.4 is 14.8 Å². The van der Waals surface area contributed by atoms with Gasteiger partial charge in [-0.05, 0) is 30.0 Å². The highest BCUT2D eigenvalue weighted by molar-refractivity contribution is 7.99. The lowest BCUT2D eigenvalue weighted by atomic mass is 10.00. The fraction of sp³-hybridized carbons (Fsp3) is 0.476. The summed E-state index contributed by atoms with van der Waals surface area (Å²) in [6.45, 7) is 6.39. The molecule has 0 aliphatic rings. The van der Waals surface area contributed by atoms with Gasteiger partial charge in [0.25, 0.3) is 0 Å². The molecule has 6 nitrogen and oxygen atoms in total. The number of amides is 1. The Morgan fingerprint density at radius 2 is 1.79 bits per heavy atom. The minimum atomic E-state index is 0.0183. The lowest BCUT2D eigenvalue weighted by Gasteiger charge is -2.21. The summed E-state index contributed by atoms with van der Waals surface area (Å²) in [5, 5.41) is 3.69. The number of benzene rings is 1. The van der Waals surface area contributed by atoms with Crippen molar-refractivity contribution in [3.8, 4) is 22.6 Å². The van der Waals surface area contributed by atoms with Crippen LogP contribution in [-0.2, 0) is 4.79 Å². The van der Waals surface area contributed by atoms with Crippen molar-refractivity contribution in [2.75, 3.05) is 20.0 Å². The monoisotopic (exact) mass is 403 g/mol. The molecule has 0 unspecified atom stereocenters. The molecule has 0 saturated heterocycles. The van der Waals surface area contributed by atoms with Crippen molar-refractivity contribution in [2.24, 2.45) is 5.92 Å². The number of aromatic nitrogens is 2. The average Bonchev–Trinajstić information content (AvgIpc) is 2.71. The van der Waals surface area contributed by atoms with Crippen molar-refractivity contribution >= 4 is 17.7 Å². The molecule has 0 saturated carbocycles. The van der Waals surface area contributed by atoms with Crippen LogP contribution in [0.15, 0.2) is 35.7 Å². The molecule has 7 heteroatoms. The third kappa shape index (κ3) is 6.12. The van der Waals surface area contributed by atoms with E-state index in [1.165, 1.54) is 11.8 Å². The minimum Gasteiger partial charge on any atom is -0.493 e. The molecule has 0 aliphatic heterocycles. The molecule has 1 aromatic carbocycles. The Balaban J connectivity index is 1.96. The maximum atomic E-state index is 12.2. The molecular formula is C21H29N3O3S. The smallest absolute Gasteiger partial charge is 0.230 e. The predicted molar refractivity (Wildman–Crippen MR) is 113 cm³/mol. The van der Waals surface area contributed by atoms with Crippen molar-refractivity contribution in [3.63, 3.8) is 0 Å². The van der Waals surface area contributed by atoms with Crippen LogP contribution >= 0.6 is 11.8 Å². The Bertz CT molecular complexity index is 766. The Morgan fingerprint density at radius 1 is 1.11 bits per heavy atom. The first-order valence-corrected chi connectivity index (χ1v) is 10.4. The molecular weight excluding hydrogens is 374 g/mol. The number of ether oxygens (including phenoxy) is 2. The molecule has 1 atom stereocenters. The third-order valence-electron chi connectivity index (χ3n) is 4.43. The van der Waals surface area contributed by atoms with Gasteiger partial charge in [0, 0.05) is 24.0 Å². The Labute approximate surface area is 171 Å². The maximum Gasteiger partial charge on any atom is 0.230 e. The second-order valence-corrected chi connectivity index (χ2v) is 7.76. The van der Waals surface area contributed by atoms with Crippen molar-refractivity contribution in [3.05, 3.63) is 30.6 Å². The van der Waals surface area contributed by atoms with Gasteiger partial charge in [-0.2, -0.15) is 0 Å². The van der Waals surface area contributed by atoms with E-state index in [0.717, 1.165) is 24.0 Å². The highest BCUT2D eigenvalue weighted by Gasteiger charge is 2.15. The van der Waals surface area contributed by atoms with Crippen LogP contribution in [0.1, 0.15) is 33.6 Å². The van der Waals surface area contributed by atoms with Crippen LogP contribution in [0.3, 0.4) is 0 Å². The van der Waals surface area contributed by atoms with Crippen LogP contribution in [0.2, 0.25) is 0 Å². The fourth-order valence-corrected chi connectivity index (χ4v) is 3.42. The predicted octanol–water partition coefficient (Wildman–Crippen LogP) is 4.19. The Kier molecular flexibility index (Phi) is 8.57. The lowest BCUT2D eigenvalue weighted by Crippen LogP contribution is -2.39. The van der Waals surface area contributed by atoms with Crippen molar-refractivity contribution in [1.29, 1.82) is 0 Å². The molecule has 1 N–H and O–H groups in total. The Morgan fingerprint density at radius 3 is 2.36 bits per heavy atom. The molecule has 28 heavy (non-hydrogen) atoms. The number of nitrogens with zero attached hydrogens (tertiary/aromatic N) is 2. The van der Waals surface area contributed by atoms with Gasteiger partial charge in [0.1, 0.15) is 0 Å². The average molecular weight is 404 g/mol. The molecule has 2 aromatic rings. The van der Waals surface area contributed by atoms with E-state index in [9.17, 15) is 4.79 Å². The fourth-order valence-electron chi connectivity index (χ4n) is 2.82. The molecule has 0 bridgehead atoms. The van der Waals surface area contributed by atoms with Gasteiger partial charge in [0.2, 0.25) is 5.91 Å². The van der Waals surface area contributed by atoms with Crippen LogP contribution in [0.5, 0.6) is 11.5 Å². The highest BCUT2D eigenvalue weighted by atomic mass is 32.2. The van der Waals surface area contributed by atoms with Crippen LogP contribution in [0.4, 0.5) is 0 Å². The summed E-state index contributed by atoms with van der Waals surface area (Å²) >= 11 is 1.34. The van der Waals surface area contributed by atoms with E-state index in [-0.39, 0.29) is 11.9 Å². The molecule has 0 aliphatic carbocycles. The van der Waals surface area contributed by atoms with E-state index < -0.39 is 0 Å². The summed E-state index contributed by atoms with van der Waals surface area (Å²) in [5.74, 6) is 2.08. The minimum absolute atomic E-state index is 0.0183. The topological polar surface area (TPSA) is 73.3 Å². The molecule has 0 fully saturated rings. The van der Waals surface area contributed by atoms with E-state index in [1.54, 1.807) is 26.6 Å². The highest BCUT2D eigenvalue weighted by Crippen LogP contribution is 2.32. The second-order valence-electron chi connectivity index (χ2n) is 6.82. The molecule has 2 rings (SSSR count). The summed E-state index contributed by atoms with van der Waals surface area (Å²) < 4.78 is 10.6. The van der Waals surface area contributed by atoms with Gasteiger partial charge in [0.15, 0.2) is 16.7 Å². The van der Waals surface area contributed by atoms with Crippen LogP contribution in [0, 0.1) is 5.92 Å². The SMILES string of the molecule is CCC[C@@H](NC(=O)CSc1ncc(-c2ccc(OC)c(OC)c2)cn1)C(C)C. The van der Waals surface area contributed by atoms with Crippen molar-refractivity contribution in [2.45, 2.75) is 44.8 Å². The number of carbonyl (C=O) groups excluding carboxylic acids is 1. The standard InChI is InChI=1S/C21H29N3O3S/c1-6-7-17(14(2)3)24-20(25)13-28-21-22-11-16(12-23-21)15-8-9-18(26-4)19(10-15)27-5/h8-12,14,17H,6-7,13H2,1-5H3,(H,24,25)/t17-/m1/s1. The largest absolute Gasteiger partial charge is 0.493 e. The number of rotatable bonds is 10. The van der Waals surface area contributed by atoms with Gasteiger partial charge in [-0.3, -0.25) is 4.79 Å². The summed E-state index contributed by atoms with van der Waals surface area (Å²) in [5.41, 5.74) is 1.81. The zero-order valence-electron chi connectivity index (χ0n) is 17.2. The molecule has 1 aromatic heterocycles. The van der Waals surface area contributed by atoms with E-state index in [2.05, 4.69) is 36.1 Å². The third-order valence-corrected chi connectivity index (χ3v) is 5.30. The number of hydrogen-bond donors (Lipinski definition) is 1. The van der Waals surface area contributed by atoms with Gasteiger partial charge in [0.05, 0.1) is 20.0 Å². The molecule has 0 spiro atoms. The summed E-state index contributed by atoms with van der Waals surface area (Å²) in [7, 11) is 3.21. The molecule has 1 heterocycles. The van der Waals surface area contributed by atoms with Crippen LogP contribution in [0.25, 0.3) is 11.1 Å². The Hall–Kier alpha value is -2.28. The van der Waals surface area contributed by atoms with Gasteiger partial charge < -0.3 is 14.8 Å². The van der Waals surface area contributed by atoms with Crippen molar-refractivity contribution < 1.29 is 14.3 Å². The first-order valence-electron chi connectivity index (χ1n) is 9.45. The normalized spacial score (nSPS) is 11.9. The van der Waals surface area contributed by atoms with E-state index in [0.29, 0.717) is 28.3 Å². The number of thioether (sulfide) groups is 1. The quantitative estimate of drug-likeness (QED) is 0.474. The van der Waals surface area contributed by atoms with Gasteiger partial charge >= 0.3 is 0 Å². The number of nitrogens with one attached hydrogen (secondary N) is 1. The summed E-state index contributed by atoms with van der Waals surface area (Å²) in [6.07, 6.45) is 5.55. The first kappa shape index (κ1) is 22.0. The number of carbonyl (C=O) groups is 1. The molecule has 152 valence electrons. The molecule has 1 amide bonds. The van der Waals surface area contributed by atoms with Gasteiger partial charge in [-0.1, -0.05) is 45.0 Å². The van der Waals surface area contributed by atoms with Gasteiger partial charge in [-0.25, -0.2) is 9.97 Å². The number of methoxy groups -OCH3 is 2. The van der Waals surface area contributed by atoms with Crippen molar-refractivity contribution in [1.82, 2.24) is 15.3 Å².